The van der Waals surface area contributed by atoms with E-state index in [4.69, 9.17) is 14.3 Å². The second kappa shape index (κ2) is 11.7. The van der Waals surface area contributed by atoms with Crippen molar-refractivity contribution in [1.82, 2.24) is 15.1 Å². The summed E-state index contributed by atoms with van der Waals surface area (Å²) in [6.07, 6.45) is -3.98. The van der Waals surface area contributed by atoms with Crippen molar-refractivity contribution in [3.05, 3.63) is 82.3 Å². The van der Waals surface area contributed by atoms with Crippen molar-refractivity contribution < 1.29 is 36.3 Å². The number of hydrogen-bond donors (Lipinski definition) is 2. The van der Waals surface area contributed by atoms with E-state index in [1.807, 2.05) is 0 Å². The highest BCUT2D eigenvalue weighted by atomic mass is 28.4. The molecule has 3 aromatic rings. The summed E-state index contributed by atoms with van der Waals surface area (Å²) < 4.78 is 68.1. The summed E-state index contributed by atoms with van der Waals surface area (Å²) in [5.41, 5.74) is 0.422. The zero-order valence-electron chi connectivity index (χ0n) is 25.2. The molecule has 44 heavy (non-hydrogen) atoms. The second-order valence-corrected chi connectivity index (χ2v) is 17.6. The third kappa shape index (κ3) is 6.31. The molecule has 1 aromatic heterocycles. The minimum atomic E-state index is -4.65. The predicted octanol–water partition coefficient (Wildman–Crippen LogP) is 6.41. The van der Waals surface area contributed by atoms with Gasteiger partial charge >= 0.3 is 6.18 Å². The molecule has 2 aliphatic rings. The lowest BCUT2D eigenvalue weighted by atomic mass is 9.81. The van der Waals surface area contributed by atoms with Crippen molar-refractivity contribution >= 4 is 25.9 Å². The number of rotatable bonds is 7. The molecule has 2 N–H and O–H groups in total. The molecule has 1 saturated heterocycles. The number of nitrogens with one attached hydrogen (secondary N) is 2. The van der Waals surface area contributed by atoms with E-state index in [1.54, 1.807) is 4.68 Å². The van der Waals surface area contributed by atoms with Gasteiger partial charge in [0, 0.05) is 23.7 Å². The average molecular weight is 633 g/mol. The summed E-state index contributed by atoms with van der Waals surface area (Å²) in [7, 11) is -2.26. The molecule has 0 bridgehead atoms. The predicted molar refractivity (Wildman–Crippen MR) is 158 cm³/mol. The number of anilines is 1. The highest BCUT2D eigenvalue weighted by molar-refractivity contribution is 6.74. The van der Waals surface area contributed by atoms with Crippen molar-refractivity contribution in [3.8, 4) is 0 Å². The molecule has 2 amide bonds. The van der Waals surface area contributed by atoms with Gasteiger partial charge < -0.3 is 19.8 Å². The fourth-order valence-corrected chi connectivity index (χ4v) is 6.18. The molecule has 0 spiro atoms. The molecule has 3 atom stereocenters. The van der Waals surface area contributed by atoms with Gasteiger partial charge in [0.15, 0.2) is 8.32 Å². The first kappa shape index (κ1) is 31.9. The van der Waals surface area contributed by atoms with E-state index in [0.717, 1.165) is 18.2 Å². The Hall–Kier alpha value is -3.55. The minimum absolute atomic E-state index is 0.0963. The molecule has 13 heteroatoms. The van der Waals surface area contributed by atoms with Crippen LogP contribution in [0.2, 0.25) is 18.1 Å². The summed E-state index contributed by atoms with van der Waals surface area (Å²) in [5, 5.41) is 10.4. The minimum Gasteiger partial charge on any atom is -0.411 e. The Kier molecular flexibility index (Phi) is 8.51. The smallest absolute Gasteiger partial charge is 0.411 e. The van der Waals surface area contributed by atoms with E-state index in [1.165, 1.54) is 30.3 Å². The van der Waals surface area contributed by atoms with Crippen LogP contribution in [0.5, 0.6) is 0 Å². The Morgan fingerprint density at radius 3 is 2.48 bits per heavy atom. The molecule has 0 saturated carbocycles. The maximum absolute atomic E-state index is 14.1. The number of carbonyl (C=O) groups is 2. The van der Waals surface area contributed by atoms with Gasteiger partial charge in [-0.2, -0.15) is 18.3 Å². The Labute approximate surface area is 254 Å². The highest BCUT2D eigenvalue weighted by Gasteiger charge is 2.45. The van der Waals surface area contributed by atoms with Gasteiger partial charge in [0.25, 0.3) is 5.91 Å². The fourth-order valence-electron chi connectivity index (χ4n) is 5.25. The average Bonchev–Trinajstić information content (AvgIpc) is 3.60. The standard InChI is InChI=1S/C31H36F4N4O4Si/c1-30(2,3)44(4,5)43-17-23-25-24(18-9-11-21(32)12-10-18)26(29(41)37-27(25)39(38-23)22-13-14-42-16-22)36-28(40)19-7-6-8-20(15-19)31(33,34)35/h6-12,15,22,24,26H,13-14,16-17H2,1-5H3,(H,36,40)(H,37,41)/t22?,24-,26-/m1/s1. The van der Waals surface area contributed by atoms with Gasteiger partial charge in [-0.1, -0.05) is 39.0 Å². The number of benzene rings is 2. The normalized spacial score (nSPS) is 20.8. The third-order valence-electron chi connectivity index (χ3n) is 8.79. The van der Waals surface area contributed by atoms with E-state index in [2.05, 4.69) is 44.5 Å². The number of nitrogens with zero attached hydrogens (tertiary/aromatic N) is 2. The van der Waals surface area contributed by atoms with Crippen LogP contribution in [-0.2, 0) is 26.7 Å². The summed E-state index contributed by atoms with van der Waals surface area (Å²) >= 11 is 0. The number of carbonyl (C=O) groups excluding carboxylic acids is 2. The Bertz CT molecular complexity index is 1540. The monoisotopic (exact) mass is 632 g/mol. The maximum atomic E-state index is 14.1. The summed E-state index contributed by atoms with van der Waals surface area (Å²) in [5.74, 6) is -2.34. The second-order valence-electron chi connectivity index (χ2n) is 12.8. The molecule has 5 rings (SSSR count). The molecule has 2 aliphatic heterocycles. The van der Waals surface area contributed by atoms with Crippen molar-refractivity contribution in [3.63, 3.8) is 0 Å². The maximum Gasteiger partial charge on any atom is 0.416 e. The van der Waals surface area contributed by atoms with Crippen LogP contribution in [0.4, 0.5) is 23.4 Å². The molecule has 1 fully saturated rings. The lowest BCUT2D eigenvalue weighted by Crippen LogP contribution is -2.51. The highest BCUT2D eigenvalue weighted by Crippen LogP contribution is 2.43. The summed E-state index contributed by atoms with van der Waals surface area (Å²) in [4.78, 5) is 27.1. The van der Waals surface area contributed by atoms with Crippen molar-refractivity contribution in [2.75, 3.05) is 18.5 Å². The largest absolute Gasteiger partial charge is 0.416 e. The molecule has 236 valence electrons. The first-order chi connectivity index (χ1) is 20.6. The van der Waals surface area contributed by atoms with Crippen LogP contribution in [0.3, 0.4) is 0 Å². The quantitative estimate of drug-likeness (QED) is 0.232. The van der Waals surface area contributed by atoms with Crippen LogP contribution >= 0.6 is 0 Å². The van der Waals surface area contributed by atoms with Gasteiger partial charge in [0.1, 0.15) is 17.7 Å². The summed E-state index contributed by atoms with van der Waals surface area (Å²) in [6.45, 7) is 11.6. The Morgan fingerprint density at radius 2 is 1.86 bits per heavy atom. The van der Waals surface area contributed by atoms with Gasteiger partial charge in [-0.3, -0.25) is 9.59 Å². The fraction of sp³-hybridized carbons (Fsp3) is 0.452. The number of alkyl halides is 3. The zero-order chi connectivity index (χ0) is 32.0. The van der Waals surface area contributed by atoms with E-state index in [0.29, 0.717) is 42.3 Å². The molecule has 0 aliphatic carbocycles. The number of halogens is 4. The molecular weight excluding hydrogens is 596 g/mol. The van der Waals surface area contributed by atoms with Crippen LogP contribution in [-0.4, -0.2) is 49.2 Å². The van der Waals surface area contributed by atoms with Gasteiger partial charge in [0.2, 0.25) is 5.91 Å². The van der Waals surface area contributed by atoms with Crippen molar-refractivity contribution in [1.29, 1.82) is 0 Å². The SMILES string of the molecule is CC(C)(C)[Si](C)(C)OCc1nn(C2CCOC2)c2c1[C@@H](c1ccc(F)cc1)[C@@H](NC(=O)c1cccc(C(F)(F)F)c1)C(=O)N2. The Morgan fingerprint density at radius 1 is 1.16 bits per heavy atom. The first-order valence-electron chi connectivity index (χ1n) is 14.4. The van der Waals surface area contributed by atoms with Crippen LogP contribution in [0.25, 0.3) is 0 Å². The molecular formula is C31H36F4N4O4Si. The van der Waals surface area contributed by atoms with Crippen LogP contribution in [0, 0.1) is 5.82 Å². The molecule has 1 unspecified atom stereocenters. The van der Waals surface area contributed by atoms with Gasteiger partial charge in [-0.05, 0) is 60.4 Å². The first-order valence-corrected chi connectivity index (χ1v) is 17.3. The lowest BCUT2D eigenvalue weighted by Gasteiger charge is -2.36. The molecule has 3 heterocycles. The van der Waals surface area contributed by atoms with Crippen LogP contribution in [0.1, 0.15) is 71.9 Å². The third-order valence-corrected chi connectivity index (χ3v) is 13.3. The topological polar surface area (TPSA) is 94.5 Å². The number of ether oxygens (including phenoxy) is 1. The van der Waals surface area contributed by atoms with Gasteiger partial charge in [0.05, 0.1) is 30.5 Å². The van der Waals surface area contributed by atoms with E-state index in [9.17, 15) is 27.2 Å². The van der Waals surface area contributed by atoms with Crippen LogP contribution in [0.15, 0.2) is 48.5 Å². The number of amides is 2. The number of aromatic nitrogens is 2. The molecule has 8 nitrogen and oxygen atoms in total. The van der Waals surface area contributed by atoms with E-state index in [-0.39, 0.29) is 23.3 Å². The lowest BCUT2D eigenvalue weighted by molar-refractivity contribution is -0.137. The molecule has 2 aromatic carbocycles. The van der Waals surface area contributed by atoms with Crippen molar-refractivity contribution in [2.24, 2.45) is 0 Å². The van der Waals surface area contributed by atoms with Gasteiger partial charge in [-0.25, -0.2) is 9.07 Å². The summed E-state index contributed by atoms with van der Waals surface area (Å²) in [6, 6.07) is 8.16. The Balaban J connectivity index is 1.60. The number of fused-ring (bicyclic) bond motifs is 1. The molecule has 0 radical (unpaired) electrons. The number of hydrogen-bond acceptors (Lipinski definition) is 5. The van der Waals surface area contributed by atoms with E-state index >= 15 is 0 Å². The van der Waals surface area contributed by atoms with Crippen molar-refractivity contribution in [2.45, 2.75) is 76.1 Å². The zero-order valence-corrected chi connectivity index (χ0v) is 26.2. The van der Waals surface area contributed by atoms with Crippen LogP contribution < -0.4 is 10.6 Å². The van der Waals surface area contributed by atoms with Gasteiger partial charge in [-0.15, -0.1) is 0 Å². The van der Waals surface area contributed by atoms with E-state index < -0.39 is 49.6 Å².